The van der Waals surface area contributed by atoms with Crippen molar-refractivity contribution in [3.63, 3.8) is 0 Å². The Labute approximate surface area is 62.7 Å². The summed E-state index contributed by atoms with van der Waals surface area (Å²) in [4.78, 5) is 10.1. The van der Waals surface area contributed by atoms with E-state index >= 15 is 0 Å². The van der Waals surface area contributed by atoms with Crippen LogP contribution in [0.25, 0.3) is 0 Å². The van der Waals surface area contributed by atoms with E-state index in [9.17, 15) is 4.79 Å². The maximum Gasteiger partial charge on any atom is 0.306 e. The predicted octanol–water partition coefficient (Wildman–Crippen LogP) is -0.0822. The van der Waals surface area contributed by atoms with E-state index in [4.69, 9.17) is 10.2 Å². The molecule has 1 heterocycles. The highest BCUT2D eigenvalue weighted by Crippen LogP contribution is 2.11. The van der Waals surface area contributed by atoms with Crippen LogP contribution in [0, 0.1) is 0 Å². The van der Waals surface area contributed by atoms with E-state index in [1.54, 1.807) is 0 Å². The van der Waals surface area contributed by atoms with Crippen LogP contribution in [0.4, 0.5) is 0 Å². The van der Waals surface area contributed by atoms with Crippen molar-refractivity contribution >= 4 is 5.97 Å². The highest BCUT2D eigenvalue weighted by atomic mass is 16.4. The van der Waals surface area contributed by atoms with Gasteiger partial charge in [-0.3, -0.25) is 9.89 Å². The Balaban J connectivity index is 2.56. The molecule has 0 bridgehead atoms. The molecule has 1 aromatic rings. The Hall–Kier alpha value is -1.36. The number of aromatic nitrogens is 2. The summed E-state index contributed by atoms with van der Waals surface area (Å²) in [7, 11) is 0. The molecule has 0 aliphatic carbocycles. The maximum absolute atomic E-state index is 10.1. The summed E-state index contributed by atoms with van der Waals surface area (Å²) in [6.07, 6.45) is 0.165. The van der Waals surface area contributed by atoms with Gasteiger partial charge >= 0.3 is 5.97 Å². The van der Waals surface area contributed by atoms with Gasteiger partial charge < -0.3 is 10.2 Å². The average molecular weight is 156 g/mol. The molecule has 1 atom stereocenters. The van der Waals surface area contributed by atoms with Crippen molar-refractivity contribution in [3.05, 3.63) is 18.0 Å². The highest BCUT2D eigenvalue weighted by molar-refractivity contribution is 5.67. The van der Waals surface area contributed by atoms with Gasteiger partial charge in [0.15, 0.2) is 0 Å². The molecule has 0 spiro atoms. The summed E-state index contributed by atoms with van der Waals surface area (Å²) in [5.74, 6) is -1.04. The van der Waals surface area contributed by atoms with Gasteiger partial charge in [0.25, 0.3) is 0 Å². The lowest BCUT2D eigenvalue weighted by Crippen LogP contribution is -2.05. The van der Waals surface area contributed by atoms with Crippen LogP contribution in [0.3, 0.4) is 0 Å². The van der Waals surface area contributed by atoms with Crippen LogP contribution in [0.5, 0.6) is 0 Å². The van der Waals surface area contributed by atoms with E-state index in [-0.39, 0.29) is 6.42 Å². The lowest BCUT2D eigenvalue weighted by atomic mass is 10.2. The molecule has 1 rings (SSSR count). The molecule has 0 aliphatic rings. The number of aromatic amines is 1. The van der Waals surface area contributed by atoms with E-state index in [1.807, 2.05) is 0 Å². The minimum Gasteiger partial charge on any atom is -0.481 e. The van der Waals surface area contributed by atoms with E-state index in [2.05, 4.69) is 10.2 Å². The number of nitrogens with one attached hydrogen (secondary N) is 1. The van der Waals surface area contributed by atoms with Crippen molar-refractivity contribution < 1.29 is 15.0 Å². The first kappa shape index (κ1) is 7.74. The van der Waals surface area contributed by atoms with Crippen molar-refractivity contribution in [1.82, 2.24) is 10.2 Å². The molecule has 0 saturated heterocycles. The summed E-state index contributed by atoms with van der Waals surface area (Å²) in [6.45, 7) is 0. The number of nitrogens with zero attached hydrogens (tertiary/aromatic N) is 1. The third-order valence-corrected chi connectivity index (χ3v) is 1.25. The van der Waals surface area contributed by atoms with Gasteiger partial charge in [-0.2, -0.15) is 5.10 Å². The first-order valence-electron chi connectivity index (χ1n) is 3.09. The average Bonchev–Trinajstić information content (AvgIpc) is 2.35. The molecule has 60 valence electrons. The predicted molar refractivity (Wildman–Crippen MR) is 35.8 cm³/mol. The van der Waals surface area contributed by atoms with Gasteiger partial charge in [0.2, 0.25) is 0 Å². The fraction of sp³-hybridized carbons (Fsp3) is 0.333. The topological polar surface area (TPSA) is 86.2 Å². The minimum atomic E-state index is -1.04. The number of carbonyl (C=O) groups is 1. The lowest BCUT2D eigenvalue weighted by molar-refractivity contribution is -0.139. The molecule has 11 heavy (non-hydrogen) atoms. The quantitative estimate of drug-likeness (QED) is 0.571. The molecule has 0 fully saturated rings. The number of carboxylic acids is 1. The Kier molecular flexibility index (Phi) is 2.22. The van der Waals surface area contributed by atoms with Gasteiger partial charge in [0.05, 0.1) is 12.1 Å². The van der Waals surface area contributed by atoms with Crippen LogP contribution in [-0.4, -0.2) is 26.4 Å². The fourth-order valence-electron chi connectivity index (χ4n) is 0.728. The molecule has 0 unspecified atom stereocenters. The van der Waals surface area contributed by atoms with Gasteiger partial charge in [0, 0.05) is 6.20 Å². The molecule has 3 N–H and O–H groups in total. The zero-order valence-corrected chi connectivity index (χ0v) is 5.69. The largest absolute Gasteiger partial charge is 0.481 e. The normalized spacial score (nSPS) is 12.8. The number of H-pyrrole nitrogens is 1. The van der Waals surface area contributed by atoms with Crippen LogP contribution in [-0.2, 0) is 4.79 Å². The minimum absolute atomic E-state index is 0.303. The second kappa shape index (κ2) is 3.16. The first-order chi connectivity index (χ1) is 5.20. The monoisotopic (exact) mass is 156 g/mol. The van der Waals surface area contributed by atoms with Crippen molar-refractivity contribution in [2.24, 2.45) is 0 Å². The number of carboxylic acid groups (broad SMARTS) is 1. The third kappa shape index (κ3) is 2.05. The summed E-state index contributed by atoms with van der Waals surface area (Å²) >= 11 is 0. The molecule has 0 aromatic carbocycles. The zero-order valence-electron chi connectivity index (χ0n) is 5.69. The van der Waals surface area contributed by atoms with Crippen molar-refractivity contribution in [1.29, 1.82) is 0 Å². The second-order valence-corrected chi connectivity index (χ2v) is 2.13. The van der Waals surface area contributed by atoms with Crippen molar-refractivity contribution in [3.8, 4) is 0 Å². The van der Waals surface area contributed by atoms with Crippen LogP contribution >= 0.6 is 0 Å². The molecule has 1 aromatic heterocycles. The maximum atomic E-state index is 10.1. The summed E-state index contributed by atoms with van der Waals surface area (Å²) in [5.41, 5.74) is 0.424. The van der Waals surface area contributed by atoms with Crippen molar-refractivity contribution in [2.45, 2.75) is 12.5 Å². The van der Waals surface area contributed by atoms with E-state index in [0.717, 1.165) is 0 Å². The Morgan fingerprint density at radius 3 is 3.00 bits per heavy atom. The fourth-order valence-corrected chi connectivity index (χ4v) is 0.728. The summed E-state index contributed by atoms with van der Waals surface area (Å²) in [6, 6.07) is 1.54. The standard InChI is InChI=1S/C6H8N2O3/c9-5(3-6(10)11)4-1-2-7-8-4/h1-2,5,9H,3H2,(H,7,8)(H,10,11)/t5-/m1/s1. The van der Waals surface area contributed by atoms with Gasteiger partial charge in [-0.15, -0.1) is 0 Å². The van der Waals surface area contributed by atoms with Crippen LogP contribution in [0.15, 0.2) is 12.3 Å². The molecule has 0 radical (unpaired) electrons. The van der Waals surface area contributed by atoms with E-state index in [1.165, 1.54) is 12.3 Å². The summed E-state index contributed by atoms with van der Waals surface area (Å²) in [5, 5.41) is 23.5. The molecular formula is C6H8N2O3. The van der Waals surface area contributed by atoms with Crippen LogP contribution < -0.4 is 0 Å². The molecular weight excluding hydrogens is 148 g/mol. The van der Waals surface area contributed by atoms with Crippen LogP contribution in [0.1, 0.15) is 18.2 Å². The van der Waals surface area contributed by atoms with E-state index in [0.29, 0.717) is 5.69 Å². The smallest absolute Gasteiger partial charge is 0.306 e. The van der Waals surface area contributed by atoms with Crippen molar-refractivity contribution in [2.75, 3.05) is 0 Å². The second-order valence-electron chi connectivity index (χ2n) is 2.13. The number of aliphatic carboxylic acids is 1. The number of hydrogen-bond donors (Lipinski definition) is 3. The third-order valence-electron chi connectivity index (χ3n) is 1.25. The van der Waals surface area contributed by atoms with Gasteiger partial charge in [0.1, 0.15) is 6.10 Å². The lowest BCUT2D eigenvalue weighted by Gasteiger charge is -2.02. The molecule has 0 saturated carbocycles. The molecule has 0 amide bonds. The number of aliphatic hydroxyl groups excluding tert-OH is 1. The highest BCUT2D eigenvalue weighted by Gasteiger charge is 2.12. The summed E-state index contributed by atoms with van der Waals surface area (Å²) < 4.78 is 0. The van der Waals surface area contributed by atoms with Crippen LogP contribution in [0.2, 0.25) is 0 Å². The molecule has 5 nitrogen and oxygen atoms in total. The van der Waals surface area contributed by atoms with Gasteiger partial charge in [-0.1, -0.05) is 0 Å². The van der Waals surface area contributed by atoms with E-state index < -0.39 is 12.1 Å². The number of rotatable bonds is 3. The SMILES string of the molecule is O=C(O)C[C@@H](O)c1ccn[nH]1. The first-order valence-corrected chi connectivity index (χ1v) is 3.09. The Morgan fingerprint density at radius 1 is 1.82 bits per heavy atom. The van der Waals surface area contributed by atoms with Gasteiger partial charge in [-0.25, -0.2) is 0 Å². The number of hydrogen-bond acceptors (Lipinski definition) is 3. The Bertz CT molecular complexity index is 232. The Morgan fingerprint density at radius 2 is 2.55 bits per heavy atom. The zero-order chi connectivity index (χ0) is 8.27. The molecule has 0 aliphatic heterocycles. The number of aliphatic hydroxyl groups is 1. The molecule has 5 heteroatoms. The van der Waals surface area contributed by atoms with Gasteiger partial charge in [-0.05, 0) is 6.07 Å².